The molecule has 0 aromatic rings. The Morgan fingerprint density at radius 2 is 1.00 bits per heavy atom. The number of nitrogens with one attached hydrogen (secondary N) is 2. The molecule has 0 aromatic heterocycles. The molecular formula is C6H10N4O8S4. The first-order valence-corrected chi connectivity index (χ1v) is 8.92. The zero-order chi connectivity index (χ0) is 16.8. The topological polar surface area (TPSA) is 181 Å². The smallest absolute Gasteiger partial charge is 0.360 e. The van der Waals surface area contributed by atoms with E-state index in [4.69, 9.17) is 0 Å². The lowest BCUT2D eigenvalue weighted by Crippen LogP contribution is -2.33. The van der Waals surface area contributed by atoms with Crippen LogP contribution in [0.4, 0.5) is 19.2 Å². The Kier molecular flexibility index (Phi) is 12.3. The Hall–Kier alpha value is -1.52. The van der Waals surface area contributed by atoms with Crippen LogP contribution < -0.4 is 22.1 Å². The summed E-state index contributed by atoms with van der Waals surface area (Å²) in [5, 5.41) is 4.55. The maximum atomic E-state index is 11.1. The van der Waals surface area contributed by atoms with Crippen molar-refractivity contribution in [1.82, 2.24) is 10.6 Å². The van der Waals surface area contributed by atoms with E-state index >= 15 is 0 Å². The van der Waals surface area contributed by atoms with Crippen molar-refractivity contribution < 1.29 is 35.9 Å². The van der Waals surface area contributed by atoms with Crippen LogP contribution in [0.2, 0.25) is 0 Å². The fraction of sp³-hybridized carbons (Fsp3) is 0.333. The highest BCUT2D eigenvalue weighted by atomic mass is 33.1. The first-order chi connectivity index (χ1) is 10.4. The van der Waals surface area contributed by atoms with E-state index in [9.17, 15) is 19.2 Å². The van der Waals surface area contributed by atoms with Crippen LogP contribution in [0, 0.1) is 0 Å². The summed E-state index contributed by atoms with van der Waals surface area (Å²) in [6.07, 6.45) is -3.69. The Bertz CT molecular complexity index is 363. The van der Waals surface area contributed by atoms with Gasteiger partial charge in [-0.05, 0) is 0 Å². The molecule has 0 saturated carbocycles. The quantitative estimate of drug-likeness (QED) is 0.248. The number of amides is 4. The van der Waals surface area contributed by atoms with Gasteiger partial charge in [-0.2, -0.15) is 0 Å². The zero-order valence-electron chi connectivity index (χ0n) is 10.5. The fourth-order valence-corrected chi connectivity index (χ4v) is 2.17. The van der Waals surface area contributed by atoms with E-state index in [1.54, 1.807) is 0 Å². The lowest BCUT2D eigenvalue weighted by molar-refractivity contribution is 0.203. The van der Waals surface area contributed by atoms with Crippen LogP contribution in [-0.4, -0.2) is 37.5 Å². The monoisotopic (exact) mass is 394 g/mol. The molecule has 0 aromatic carbocycles. The number of nitrogens with two attached hydrogens (primary N) is 2. The second kappa shape index (κ2) is 13.2. The molecule has 0 heterocycles. The third-order valence-corrected chi connectivity index (χ3v) is 3.34. The van der Waals surface area contributed by atoms with Gasteiger partial charge in [0.05, 0.1) is 0 Å². The van der Waals surface area contributed by atoms with Gasteiger partial charge in [0.15, 0.2) is 44.3 Å². The van der Waals surface area contributed by atoms with Gasteiger partial charge in [0.25, 0.3) is 0 Å². The number of primary amides is 2. The van der Waals surface area contributed by atoms with E-state index in [0.717, 1.165) is 0 Å². The van der Waals surface area contributed by atoms with Crippen molar-refractivity contribution in [3.8, 4) is 0 Å². The number of carbonyl (C=O) groups is 4. The summed E-state index contributed by atoms with van der Waals surface area (Å²) in [6, 6.07) is 0. The summed E-state index contributed by atoms with van der Waals surface area (Å²) in [5.41, 5.74) is 9.31. The summed E-state index contributed by atoms with van der Waals surface area (Å²) in [4.78, 5) is 42.5. The van der Waals surface area contributed by atoms with E-state index in [1.807, 2.05) is 0 Å². The maximum absolute atomic E-state index is 11.1. The van der Waals surface area contributed by atoms with Crippen molar-refractivity contribution in [2.24, 2.45) is 11.5 Å². The summed E-state index contributed by atoms with van der Waals surface area (Å²) in [5.74, 6) is 0. The molecule has 0 saturated heterocycles. The SMILES string of the molecule is NC(=O)OSSOC(=O)NCCNC(=O)OSSOC(N)=O. The van der Waals surface area contributed by atoms with Gasteiger partial charge in [0.1, 0.15) is 0 Å². The van der Waals surface area contributed by atoms with Gasteiger partial charge in [0, 0.05) is 13.1 Å². The molecule has 0 atom stereocenters. The molecule has 0 unspecified atom stereocenters. The standard InChI is InChI=1S/C6H10N4O8S4/c7-3(11)15-19-21-17-5(13)9-1-2-10-6(14)18-22-20-16-4(8)12/h1-2H2,(H2,7,11)(H2,8,12)(H,9,13)(H,10,14). The Balaban J connectivity index is 3.43. The lowest BCUT2D eigenvalue weighted by atomic mass is 10.6. The van der Waals surface area contributed by atoms with Crippen LogP contribution in [0.15, 0.2) is 0 Å². The first kappa shape index (κ1) is 20.5. The average Bonchev–Trinajstić information content (AvgIpc) is 2.44. The minimum Gasteiger partial charge on any atom is -0.360 e. The van der Waals surface area contributed by atoms with Crippen molar-refractivity contribution >= 4 is 68.7 Å². The molecule has 126 valence electrons. The average molecular weight is 394 g/mol. The first-order valence-electron chi connectivity index (χ1n) is 4.92. The molecule has 4 amide bonds. The second-order valence-corrected chi connectivity index (χ2v) is 5.52. The number of rotatable bonds is 9. The molecule has 16 heteroatoms. The van der Waals surface area contributed by atoms with Crippen LogP contribution in [0.5, 0.6) is 0 Å². The van der Waals surface area contributed by atoms with Crippen LogP contribution in [0.1, 0.15) is 0 Å². The third-order valence-electron chi connectivity index (χ3n) is 1.17. The van der Waals surface area contributed by atoms with Crippen LogP contribution in [-0.2, 0) is 16.7 Å². The summed E-state index contributed by atoms with van der Waals surface area (Å²) < 4.78 is 17.4. The highest BCUT2D eigenvalue weighted by Gasteiger charge is 2.07. The van der Waals surface area contributed by atoms with Crippen molar-refractivity contribution in [1.29, 1.82) is 0 Å². The molecule has 0 aliphatic heterocycles. The van der Waals surface area contributed by atoms with Gasteiger partial charge in [-0.1, -0.05) is 0 Å². The molecule has 0 bridgehead atoms. The molecule has 6 N–H and O–H groups in total. The van der Waals surface area contributed by atoms with E-state index in [1.165, 1.54) is 0 Å². The molecular weight excluding hydrogens is 384 g/mol. The molecule has 0 spiro atoms. The molecule has 0 fully saturated rings. The minimum atomic E-state index is -1.03. The zero-order valence-corrected chi connectivity index (χ0v) is 13.7. The van der Waals surface area contributed by atoms with E-state index < -0.39 is 24.4 Å². The van der Waals surface area contributed by atoms with Crippen LogP contribution in [0.3, 0.4) is 0 Å². The van der Waals surface area contributed by atoms with Crippen molar-refractivity contribution in [3.05, 3.63) is 0 Å². The normalized spacial score (nSPS) is 9.27. The Morgan fingerprint density at radius 1 is 0.682 bits per heavy atom. The summed E-state index contributed by atoms with van der Waals surface area (Å²) in [7, 11) is 0. The third kappa shape index (κ3) is 14.9. The number of carbonyl (C=O) groups excluding carboxylic acids is 4. The molecule has 0 rings (SSSR count). The van der Waals surface area contributed by atoms with Gasteiger partial charge in [-0.15, -0.1) is 0 Å². The number of hydrogen-bond acceptors (Lipinski definition) is 12. The maximum Gasteiger partial charge on any atom is 0.420 e. The van der Waals surface area contributed by atoms with Crippen molar-refractivity contribution in [2.45, 2.75) is 0 Å². The molecule has 12 nitrogen and oxygen atoms in total. The van der Waals surface area contributed by atoms with Gasteiger partial charge in [0.2, 0.25) is 0 Å². The minimum absolute atomic E-state index is 0.0471. The Labute approximate surface area is 140 Å². The van der Waals surface area contributed by atoms with Crippen molar-refractivity contribution in [3.63, 3.8) is 0 Å². The Morgan fingerprint density at radius 3 is 1.32 bits per heavy atom. The van der Waals surface area contributed by atoms with Gasteiger partial charge < -0.3 is 38.8 Å². The van der Waals surface area contributed by atoms with E-state index in [2.05, 4.69) is 38.8 Å². The highest BCUT2D eigenvalue weighted by molar-refractivity contribution is 8.73. The van der Waals surface area contributed by atoms with E-state index in [0.29, 0.717) is 44.3 Å². The van der Waals surface area contributed by atoms with Gasteiger partial charge in [-0.3, -0.25) is 0 Å². The largest absolute Gasteiger partial charge is 0.420 e. The molecule has 0 aliphatic carbocycles. The molecule has 22 heavy (non-hydrogen) atoms. The van der Waals surface area contributed by atoms with Crippen LogP contribution >= 0.6 is 44.3 Å². The van der Waals surface area contributed by atoms with E-state index in [-0.39, 0.29) is 13.1 Å². The van der Waals surface area contributed by atoms with Gasteiger partial charge in [-0.25, -0.2) is 19.2 Å². The lowest BCUT2D eigenvalue weighted by Gasteiger charge is -2.05. The van der Waals surface area contributed by atoms with Crippen molar-refractivity contribution in [2.75, 3.05) is 13.1 Å². The highest BCUT2D eigenvalue weighted by Crippen LogP contribution is 2.23. The molecule has 0 aliphatic rings. The molecule has 0 radical (unpaired) electrons. The predicted molar refractivity (Wildman–Crippen MR) is 80.7 cm³/mol. The summed E-state index contributed by atoms with van der Waals surface area (Å²) >= 11 is 1.90. The predicted octanol–water partition coefficient (Wildman–Crippen LogP) is 1.05. The second-order valence-electron chi connectivity index (χ2n) is 2.67. The number of hydrogen-bond donors (Lipinski definition) is 4. The fourth-order valence-electron chi connectivity index (χ4n) is 0.572. The summed E-state index contributed by atoms with van der Waals surface area (Å²) in [6.45, 7) is 0.0941. The van der Waals surface area contributed by atoms with Crippen LogP contribution in [0.25, 0.3) is 0 Å². The van der Waals surface area contributed by atoms with Gasteiger partial charge >= 0.3 is 24.4 Å².